The molecule has 1 fully saturated rings. The second kappa shape index (κ2) is 5.99. The van der Waals surface area contributed by atoms with Crippen molar-refractivity contribution in [2.45, 2.75) is 19.3 Å². The number of pyridine rings is 1. The van der Waals surface area contributed by atoms with Gasteiger partial charge in [-0.15, -0.1) is 0 Å². The summed E-state index contributed by atoms with van der Waals surface area (Å²) in [6.45, 7) is 2.46. The Kier molecular flexibility index (Phi) is 3.90. The molecule has 0 spiro atoms. The van der Waals surface area contributed by atoms with Crippen LogP contribution in [0.1, 0.15) is 19.3 Å². The zero-order chi connectivity index (χ0) is 14.7. The molecule has 1 aliphatic rings. The lowest BCUT2D eigenvalue weighted by Gasteiger charge is -2.16. The second-order valence-electron chi connectivity index (χ2n) is 5.40. The predicted octanol–water partition coefficient (Wildman–Crippen LogP) is 2.24. The Morgan fingerprint density at radius 1 is 1.29 bits per heavy atom. The van der Waals surface area contributed by atoms with Crippen molar-refractivity contribution in [1.29, 1.82) is 0 Å². The number of carbonyl (C=O) groups excluding carboxylic acids is 1. The molecule has 1 aromatic heterocycles. The molecule has 110 valence electrons. The summed E-state index contributed by atoms with van der Waals surface area (Å²) in [5.41, 5.74) is 8.34. The second-order valence-corrected chi connectivity index (χ2v) is 5.40. The van der Waals surface area contributed by atoms with Crippen molar-refractivity contribution in [3.63, 3.8) is 0 Å². The predicted molar refractivity (Wildman–Crippen MR) is 85.1 cm³/mol. The third kappa shape index (κ3) is 3.07. The molecule has 3 rings (SSSR count). The van der Waals surface area contributed by atoms with Crippen molar-refractivity contribution in [3.8, 4) is 0 Å². The molecule has 5 nitrogen and oxygen atoms in total. The van der Waals surface area contributed by atoms with E-state index in [1.54, 1.807) is 6.20 Å². The van der Waals surface area contributed by atoms with Crippen molar-refractivity contribution in [1.82, 2.24) is 9.88 Å². The molecule has 21 heavy (non-hydrogen) atoms. The highest BCUT2D eigenvalue weighted by molar-refractivity contribution is 5.92. The number of anilines is 2. The van der Waals surface area contributed by atoms with Crippen LogP contribution in [-0.2, 0) is 4.79 Å². The fourth-order valence-electron chi connectivity index (χ4n) is 2.75. The van der Waals surface area contributed by atoms with Crippen molar-refractivity contribution in [3.05, 3.63) is 30.5 Å². The number of aromatic nitrogens is 1. The average molecular weight is 284 g/mol. The molecule has 0 aliphatic carbocycles. The third-order valence-electron chi connectivity index (χ3n) is 3.88. The number of benzene rings is 1. The molecular formula is C16H20N4O. The van der Waals surface area contributed by atoms with E-state index in [0.29, 0.717) is 18.7 Å². The molecule has 0 saturated carbocycles. The lowest BCUT2D eigenvalue weighted by molar-refractivity contribution is -0.129. The van der Waals surface area contributed by atoms with Gasteiger partial charge in [0, 0.05) is 49.0 Å². The van der Waals surface area contributed by atoms with Crippen LogP contribution >= 0.6 is 0 Å². The highest BCUT2D eigenvalue weighted by atomic mass is 16.2. The monoisotopic (exact) mass is 284 g/mol. The van der Waals surface area contributed by atoms with Crippen LogP contribution in [0.15, 0.2) is 30.5 Å². The van der Waals surface area contributed by atoms with E-state index in [9.17, 15) is 4.79 Å². The third-order valence-corrected chi connectivity index (χ3v) is 3.88. The number of rotatable bonds is 4. The van der Waals surface area contributed by atoms with Gasteiger partial charge in [0.2, 0.25) is 5.91 Å². The van der Waals surface area contributed by atoms with Gasteiger partial charge in [-0.25, -0.2) is 0 Å². The zero-order valence-electron chi connectivity index (χ0n) is 12.0. The Hall–Kier alpha value is -2.30. The van der Waals surface area contributed by atoms with Gasteiger partial charge in [0.15, 0.2) is 0 Å². The lowest BCUT2D eigenvalue weighted by atomic mass is 10.1. The van der Waals surface area contributed by atoms with Gasteiger partial charge in [-0.3, -0.25) is 9.78 Å². The fourth-order valence-corrected chi connectivity index (χ4v) is 2.75. The summed E-state index contributed by atoms with van der Waals surface area (Å²) in [7, 11) is 0. The molecule has 0 unspecified atom stereocenters. The quantitative estimate of drug-likeness (QED) is 0.845. The van der Waals surface area contributed by atoms with Gasteiger partial charge < -0.3 is 16.0 Å². The number of nitrogen functional groups attached to an aromatic ring is 1. The molecule has 2 heterocycles. The number of nitrogens with one attached hydrogen (secondary N) is 1. The highest BCUT2D eigenvalue weighted by Gasteiger charge is 2.17. The van der Waals surface area contributed by atoms with E-state index in [0.717, 1.165) is 42.5 Å². The maximum absolute atomic E-state index is 12.0. The zero-order valence-corrected chi connectivity index (χ0v) is 12.0. The maximum Gasteiger partial charge on any atom is 0.224 e. The molecule has 1 saturated heterocycles. The van der Waals surface area contributed by atoms with Gasteiger partial charge in [-0.05, 0) is 37.1 Å². The SMILES string of the molecule is Nc1ccc2c(NCCC(=O)N3CCCC3)ccnc2c1. The summed E-state index contributed by atoms with van der Waals surface area (Å²) in [5, 5.41) is 4.36. The molecule has 0 bridgehead atoms. The topological polar surface area (TPSA) is 71.2 Å². The maximum atomic E-state index is 12.0. The first-order valence-corrected chi connectivity index (χ1v) is 7.40. The molecule has 0 radical (unpaired) electrons. The van der Waals surface area contributed by atoms with Crippen molar-refractivity contribution >= 4 is 28.2 Å². The Morgan fingerprint density at radius 3 is 2.90 bits per heavy atom. The summed E-state index contributed by atoms with van der Waals surface area (Å²) < 4.78 is 0. The van der Waals surface area contributed by atoms with Crippen LogP contribution in [0, 0.1) is 0 Å². The van der Waals surface area contributed by atoms with Crippen LogP contribution in [0.25, 0.3) is 10.9 Å². The molecule has 5 heteroatoms. The van der Waals surface area contributed by atoms with Crippen LogP contribution in [0.4, 0.5) is 11.4 Å². The van der Waals surface area contributed by atoms with Crippen LogP contribution in [0.2, 0.25) is 0 Å². The van der Waals surface area contributed by atoms with E-state index in [-0.39, 0.29) is 5.91 Å². The molecule has 2 aromatic rings. The van der Waals surface area contributed by atoms with Gasteiger partial charge >= 0.3 is 0 Å². The minimum Gasteiger partial charge on any atom is -0.399 e. The number of likely N-dealkylation sites (tertiary alicyclic amines) is 1. The van der Waals surface area contributed by atoms with Crippen molar-refractivity contribution in [2.24, 2.45) is 0 Å². The fraction of sp³-hybridized carbons (Fsp3) is 0.375. The van der Waals surface area contributed by atoms with Crippen LogP contribution in [-0.4, -0.2) is 35.4 Å². The smallest absolute Gasteiger partial charge is 0.224 e. The number of carbonyl (C=O) groups is 1. The van der Waals surface area contributed by atoms with Gasteiger partial charge in [-0.2, -0.15) is 0 Å². The number of nitrogens with two attached hydrogens (primary N) is 1. The van der Waals surface area contributed by atoms with Gasteiger partial charge in [0.05, 0.1) is 5.52 Å². The highest BCUT2D eigenvalue weighted by Crippen LogP contribution is 2.23. The lowest BCUT2D eigenvalue weighted by Crippen LogP contribution is -2.29. The first kappa shape index (κ1) is 13.7. The Balaban J connectivity index is 1.64. The summed E-state index contributed by atoms with van der Waals surface area (Å²) in [4.78, 5) is 18.3. The van der Waals surface area contributed by atoms with E-state index in [1.165, 1.54) is 0 Å². The van der Waals surface area contributed by atoms with E-state index in [2.05, 4.69) is 10.3 Å². The number of amides is 1. The number of nitrogens with zero attached hydrogens (tertiary/aromatic N) is 2. The van der Waals surface area contributed by atoms with E-state index in [1.807, 2.05) is 29.2 Å². The standard InChI is InChI=1S/C16H20N4O/c17-12-3-4-13-14(5-7-19-15(13)11-12)18-8-6-16(21)20-9-1-2-10-20/h3-5,7,11H,1-2,6,8-10,17H2,(H,18,19). The van der Waals surface area contributed by atoms with Crippen LogP contribution in [0.5, 0.6) is 0 Å². The van der Waals surface area contributed by atoms with Crippen LogP contribution < -0.4 is 11.1 Å². The molecular weight excluding hydrogens is 264 g/mol. The Morgan fingerprint density at radius 2 is 2.10 bits per heavy atom. The molecule has 1 amide bonds. The Bertz CT molecular complexity index is 650. The number of hydrogen-bond donors (Lipinski definition) is 2. The summed E-state index contributed by atoms with van der Waals surface area (Å²) in [6.07, 6.45) is 4.55. The first-order valence-electron chi connectivity index (χ1n) is 7.40. The molecule has 3 N–H and O–H groups in total. The summed E-state index contributed by atoms with van der Waals surface area (Å²) in [5.74, 6) is 0.239. The van der Waals surface area contributed by atoms with Gasteiger partial charge in [0.1, 0.15) is 0 Å². The van der Waals surface area contributed by atoms with Crippen LogP contribution in [0.3, 0.4) is 0 Å². The minimum absolute atomic E-state index is 0.239. The van der Waals surface area contributed by atoms with E-state index >= 15 is 0 Å². The largest absolute Gasteiger partial charge is 0.399 e. The summed E-state index contributed by atoms with van der Waals surface area (Å²) in [6, 6.07) is 7.61. The van der Waals surface area contributed by atoms with Gasteiger partial charge in [0.25, 0.3) is 0 Å². The number of fused-ring (bicyclic) bond motifs is 1. The average Bonchev–Trinajstić information content (AvgIpc) is 3.01. The van der Waals surface area contributed by atoms with Crippen molar-refractivity contribution in [2.75, 3.05) is 30.7 Å². The summed E-state index contributed by atoms with van der Waals surface area (Å²) >= 11 is 0. The van der Waals surface area contributed by atoms with E-state index in [4.69, 9.17) is 5.73 Å². The molecule has 1 aliphatic heterocycles. The Labute approximate surface area is 124 Å². The normalized spacial score (nSPS) is 14.6. The molecule has 0 atom stereocenters. The minimum atomic E-state index is 0.239. The van der Waals surface area contributed by atoms with Crippen molar-refractivity contribution < 1.29 is 4.79 Å². The van der Waals surface area contributed by atoms with Gasteiger partial charge in [-0.1, -0.05) is 0 Å². The molecule has 1 aromatic carbocycles. The first-order chi connectivity index (χ1) is 10.2. The number of hydrogen-bond acceptors (Lipinski definition) is 4. The van der Waals surface area contributed by atoms with E-state index < -0.39 is 0 Å².